The number of benzene rings is 1. The number of phenolic OH excluding ortho intramolecular Hbond substituents is 1. The molecule has 3 rings (SSSR count). The fourth-order valence-corrected chi connectivity index (χ4v) is 3.65. The number of rotatable bonds is 2. The van der Waals surface area contributed by atoms with E-state index in [1.165, 1.54) is 26.3 Å². The zero-order chi connectivity index (χ0) is 16.9. The van der Waals surface area contributed by atoms with Gasteiger partial charge >= 0.3 is 5.97 Å². The molecule has 2 amide bonds. The van der Waals surface area contributed by atoms with E-state index in [1.54, 1.807) is 19.1 Å². The number of hydrogen-bond acceptors (Lipinski definition) is 6. The van der Waals surface area contributed by atoms with Gasteiger partial charge in [-0.2, -0.15) is 0 Å². The maximum Gasteiger partial charge on any atom is 0.326 e. The minimum atomic E-state index is -1.28. The summed E-state index contributed by atoms with van der Waals surface area (Å²) in [5.41, 5.74) is -0.554. The summed E-state index contributed by atoms with van der Waals surface area (Å²) in [6, 6.07) is 5.84. The Balaban J connectivity index is 2.09. The molecule has 122 valence electrons. The van der Waals surface area contributed by atoms with E-state index in [0.29, 0.717) is 0 Å². The Kier molecular flexibility index (Phi) is 3.40. The van der Waals surface area contributed by atoms with E-state index >= 15 is 0 Å². The van der Waals surface area contributed by atoms with Crippen molar-refractivity contribution >= 4 is 17.8 Å². The second kappa shape index (κ2) is 5.06. The maximum absolute atomic E-state index is 12.5. The Morgan fingerprint density at radius 3 is 2.43 bits per heavy atom. The van der Waals surface area contributed by atoms with Gasteiger partial charge in [0.05, 0.1) is 18.9 Å². The SMILES string of the molecule is COC(=O)[C@]1(C)N[C@@H](c2ccc(O)cc2)[C@H]2C(=O)N(C)C(=O)[C@@H]21. The molecule has 1 aromatic rings. The lowest BCUT2D eigenvalue weighted by atomic mass is 9.80. The van der Waals surface area contributed by atoms with Gasteiger partial charge in [0.2, 0.25) is 11.8 Å². The van der Waals surface area contributed by atoms with Crippen LogP contribution in [0.25, 0.3) is 0 Å². The molecule has 0 unspecified atom stereocenters. The van der Waals surface area contributed by atoms with Crippen molar-refractivity contribution in [2.75, 3.05) is 14.2 Å². The number of nitrogens with one attached hydrogen (secondary N) is 1. The van der Waals surface area contributed by atoms with Crippen molar-refractivity contribution in [3.05, 3.63) is 29.8 Å². The summed E-state index contributed by atoms with van der Waals surface area (Å²) < 4.78 is 4.84. The van der Waals surface area contributed by atoms with Crippen molar-refractivity contribution in [2.24, 2.45) is 11.8 Å². The minimum Gasteiger partial charge on any atom is -0.508 e. The molecule has 2 aliphatic rings. The van der Waals surface area contributed by atoms with Crippen molar-refractivity contribution in [3.63, 3.8) is 0 Å². The van der Waals surface area contributed by atoms with Gasteiger partial charge < -0.3 is 9.84 Å². The number of likely N-dealkylation sites (tertiary alicyclic amines) is 1. The van der Waals surface area contributed by atoms with E-state index in [4.69, 9.17) is 4.74 Å². The monoisotopic (exact) mass is 318 g/mol. The number of imide groups is 1. The van der Waals surface area contributed by atoms with E-state index in [9.17, 15) is 19.5 Å². The third kappa shape index (κ3) is 2.03. The van der Waals surface area contributed by atoms with Crippen LogP contribution in [0.3, 0.4) is 0 Å². The Hall–Kier alpha value is -2.41. The van der Waals surface area contributed by atoms with E-state index in [0.717, 1.165) is 10.5 Å². The molecule has 23 heavy (non-hydrogen) atoms. The van der Waals surface area contributed by atoms with Gasteiger partial charge in [0.15, 0.2) is 0 Å². The number of phenols is 1. The quantitative estimate of drug-likeness (QED) is 0.597. The number of nitrogens with zero attached hydrogens (tertiary/aromatic N) is 1. The van der Waals surface area contributed by atoms with Gasteiger partial charge in [0.25, 0.3) is 0 Å². The Bertz CT molecular complexity index is 686. The van der Waals surface area contributed by atoms with Crippen LogP contribution >= 0.6 is 0 Å². The van der Waals surface area contributed by atoms with Crippen LogP contribution in [-0.2, 0) is 19.1 Å². The van der Waals surface area contributed by atoms with Crippen LogP contribution in [0, 0.1) is 11.8 Å². The Morgan fingerprint density at radius 1 is 1.26 bits per heavy atom. The van der Waals surface area contributed by atoms with Gasteiger partial charge in [0.1, 0.15) is 11.3 Å². The molecule has 7 nitrogen and oxygen atoms in total. The molecule has 4 atom stereocenters. The van der Waals surface area contributed by atoms with E-state index < -0.39 is 29.4 Å². The lowest BCUT2D eigenvalue weighted by Crippen LogP contribution is -2.53. The van der Waals surface area contributed by atoms with Crippen LogP contribution in [0.15, 0.2) is 24.3 Å². The molecule has 2 aliphatic heterocycles. The average Bonchev–Trinajstić information content (AvgIpc) is 2.97. The second-order valence-electron chi connectivity index (χ2n) is 6.15. The summed E-state index contributed by atoms with van der Waals surface area (Å²) in [5, 5.41) is 12.5. The summed E-state index contributed by atoms with van der Waals surface area (Å²) >= 11 is 0. The molecule has 1 aromatic carbocycles. The summed E-state index contributed by atoms with van der Waals surface area (Å²) in [5.74, 6) is -2.68. The lowest BCUT2D eigenvalue weighted by molar-refractivity contribution is -0.152. The molecular formula is C16H18N2O5. The molecule has 0 aliphatic carbocycles. The largest absolute Gasteiger partial charge is 0.508 e. The highest BCUT2D eigenvalue weighted by molar-refractivity contribution is 6.09. The molecule has 2 heterocycles. The number of ether oxygens (including phenoxy) is 1. The summed E-state index contributed by atoms with van der Waals surface area (Å²) in [7, 11) is 2.68. The predicted octanol–water partition coefficient (Wildman–Crippen LogP) is 0.199. The molecule has 0 aromatic heterocycles. The highest BCUT2D eigenvalue weighted by Gasteiger charge is 2.66. The number of aromatic hydroxyl groups is 1. The van der Waals surface area contributed by atoms with Crippen molar-refractivity contribution in [2.45, 2.75) is 18.5 Å². The maximum atomic E-state index is 12.5. The standard InChI is InChI=1S/C16H18N2O5/c1-16(15(22)23-3)11-10(13(20)18(2)14(11)21)12(17-16)8-4-6-9(19)7-5-8/h4-7,10-12,17,19H,1-3H3/t10-,11+,12-,16+/m0/s1. The third-order valence-corrected chi connectivity index (χ3v) is 4.87. The zero-order valence-electron chi connectivity index (χ0n) is 13.1. The normalized spacial score (nSPS) is 33.0. The number of carbonyl (C=O) groups excluding carboxylic acids is 3. The van der Waals surface area contributed by atoms with Crippen LogP contribution < -0.4 is 5.32 Å². The fourth-order valence-electron chi connectivity index (χ4n) is 3.65. The molecule has 2 fully saturated rings. The molecule has 0 spiro atoms. The number of carbonyl (C=O) groups is 3. The van der Waals surface area contributed by atoms with Crippen molar-refractivity contribution in [1.29, 1.82) is 0 Å². The van der Waals surface area contributed by atoms with Crippen LogP contribution in [0.4, 0.5) is 0 Å². The van der Waals surface area contributed by atoms with Gasteiger partial charge in [-0.3, -0.25) is 24.6 Å². The Labute approximate surface area is 133 Å². The van der Waals surface area contributed by atoms with Crippen molar-refractivity contribution in [1.82, 2.24) is 10.2 Å². The first kappa shape index (κ1) is 15.5. The van der Waals surface area contributed by atoms with Gasteiger partial charge in [-0.25, -0.2) is 0 Å². The van der Waals surface area contributed by atoms with Gasteiger partial charge in [-0.1, -0.05) is 12.1 Å². The van der Waals surface area contributed by atoms with Crippen LogP contribution in [0.2, 0.25) is 0 Å². The highest BCUT2D eigenvalue weighted by atomic mass is 16.5. The summed E-state index contributed by atoms with van der Waals surface area (Å²) in [6.45, 7) is 1.58. The molecule has 2 N–H and O–H groups in total. The van der Waals surface area contributed by atoms with Crippen LogP contribution in [0.5, 0.6) is 5.75 Å². The number of amides is 2. The first-order valence-corrected chi connectivity index (χ1v) is 7.27. The third-order valence-electron chi connectivity index (χ3n) is 4.87. The molecule has 0 saturated carbocycles. The van der Waals surface area contributed by atoms with Crippen LogP contribution in [-0.4, -0.2) is 47.5 Å². The van der Waals surface area contributed by atoms with E-state index in [1.807, 2.05) is 0 Å². The van der Waals surface area contributed by atoms with Gasteiger partial charge in [0, 0.05) is 13.1 Å². The Morgan fingerprint density at radius 2 is 1.87 bits per heavy atom. The second-order valence-corrected chi connectivity index (χ2v) is 6.15. The predicted molar refractivity (Wildman–Crippen MR) is 79.2 cm³/mol. The summed E-state index contributed by atoms with van der Waals surface area (Å²) in [4.78, 5) is 38.3. The van der Waals surface area contributed by atoms with Gasteiger partial charge in [-0.15, -0.1) is 0 Å². The minimum absolute atomic E-state index is 0.102. The molecule has 7 heteroatoms. The number of fused-ring (bicyclic) bond motifs is 1. The smallest absolute Gasteiger partial charge is 0.326 e. The molecule has 0 radical (unpaired) electrons. The first-order valence-electron chi connectivity index (χ1n) is 7.27. The van der Waals surface area contributed by atoms with Crippen LogP contribution in [0.1, 0.15) is 18.5 Å². The fraction of sp³-hybridized carbons (Fsp3) is 0.438. The average molecular weight is 318 g/mol. The number of hydrogen-bond donors (Lipinski definition) is 2. The molecule has 2 saturated heterocycles. The topological polar surface area (TPSA) is 95.9 Å². The lowest BCUT2D eigenvalue weighted by Gasteiger charge is -2.27. The molecule has 0 bridgehead atoms. The van der Waals surface area contributed by atoms with Gasteiger partial charge in [-0.05, 0) is 24.6 Å². The van der Waals surface area contributed by atoms with Crippen molar-refractivity contribution < 1.29 is 24.2 Å². The number of methoxy groups -OCH3 is 1. The first-order chi connectivity index (χ1) is 10.8. The van der Waals surface area contributed by atoms with Crippen molar-refractivity contribution in [3.8, 4) is 5.75 Å². The van der Waals surface area contributed by atoms with E-state index in [2.05, 4.69) is 5.32 Å². The zero-order valence-corrected chi connectivity index (χ0v) is 13.1. The van der Waals surface area contributed by atoms with E-state index in [-0.39, 0.29) is 17.6 Å². The molecular weight excluding hydrogens is 300 g/mol. The number of esters is 1. The highest BCUT2D eigenvalue weighted by Crippen LogP contribution is 2.48. The summed E-state index contributed by atoms with van der Waals surface area (Å²) in [6.07, 6.45) is 0.